The molecule has 3 heteroatoms. The van der Waals surface area contributed by atoms with Crippen LogP contribution in [0.15, 0.2) is 18.2 Å². The summed E-state index contributed by atoms with van der Waals surface area (Å²) < 4.78 is 11.3. The van der Waals surface area contributed by atoms with Gasteiger partial charge in [-0.05, 0) is 56.4 Å². The summed E-state index contributed by atoms with van der Waals surface area (Å²) in [5, 5.41) is 0. The van der Waals surface area contributed by atoms with Crippen LogP contribution in [-0.4, -0.2) is 12.9 Å². The molecule has 2 atom stereocenters. The van der Waals surface area contributed by atoms with E-state index in [1.807, 2.05) is 18.2 Å². The third-order valence-corrected chi connectivity index (χ3v) is 3.35. The topological polar surface area (TPSA) is 22.8 Å². The molecule has 96 valence electrons. The molecule has 0 N–H and O–H groups in total. The standard InChI is InChI=1S/C15H19NO2/c1-11-7-8-13(10-12(11)2)15(16-3)18-14-6-4-5-9-17-14/h7-8,10,14-15H,4-6,9H2,1-2H3. The van der Waals surface area contributed by atoms with Gasteiger partial charge in [0.15, 0.2) is 6.29 Å². The van der Waals surface area contributed by atoms with E-state index in [4.69, 9.17) is 16.0 Å². The summed E-state index contributed by atoms with van der Waals surface area (Å²) in [6, 6.07) is 6.03. The van der Waals surface area contributed by atoms with Gasteiger partial charge in [0.1, 0.15) is 0 Å². The number of nitrogens with zero attached hydrogens (tertiary/aromatic N) is 1. The Labute approximate surface area is 109 Å². The normalized spacial score (nSPS) is 21.3. The van der Waals surface area contributed by atoms with E-state index in [2.05, 4.69) is 18.7 Å². The molecule has 1 heterocycles. The van der Waals surface area contributed by atoms with Crippen LogP contribution in [0.3, 0.4) is 0 Å². The van der Waals surface area contributed by atoms with Gasteiger partial charge in [0.25, 0.3) is 0 Å². The minimum Gasteiger partial charge on any atom is -0.352 e. The molecule has 1 aromatic rings. The number of aryl methyl sites for hydroxylation is 2. The molecular weight excluding hydrogens is 226 g/mol. The highest BCUT2D eigenvalue weighted by atomic mass is 16.7. The molecule has 1 aliphatic rings. The maximum atomic E-state index is 7.28. The predicted molar refractivity (Wildman–Crippen MR) is 69.9 cm³/mol. The molecule has 1 fully saturated rings. The van der Waals surface area contributed by atoms with Crippen LogP contribution in [0.1, 0.15) is 42.2 Å². The van der Waals surface area contributed by atoms with E-state index in [0.717, 1.165) is 31.4 Å². The van der Waals surface area contributed by atoms with E-state index >= 15 is 0 Å². The van der Waals surface area contributed by atoms with E-state index in [1.165, 1.54) is 11.1 Å². The van der Waals surface area contributed by atoms with Crippen LogP contribution < -0.4 is 0 Å². The summed E-state index contributed by atoms with van der Waals surface area (Å²) in [6.45, 7) is 12.1. The van der Waals surface area contributed by atoms with Crippen LogP contribution in [0, 0.1) is 20.4 Å². The monoisotopic (exact) mass is 245 g/mol. The smallest absolute Gasteiger partial charge is 0.352 e. The minimum atomic E-state index is -0.549. The number of hydrogen-bond donors (Lipinski definition) is 0. The van der Waals surface area contributed by atoms with E-state index in [0.29, 0.717) is 0 Å². The van der Waals surface area contributed by atoms with E-state index < -0.39 is 6.23 Å². The van der Waals surface area contributed by atoms with Gasteiger partial charge in [-0.2, -0.15) is 0 Å². The predicted octanol–water partition coefficient (Wildman–Crippen LogP) is 3.76. The number of hydrogen-bond acceptors (Lipinski definition) is 2. The molecule has 0 amide bonds. The summed E-state index contributed by atoms with van der Waals surface area (Å²) in [7, 11) is 0. The van der Waals surface area contributed by atoms with Crippen LogP contribution in [0.4, 0.5) is 0 Å². The molecule has 0 radical (unpaired) electrons. The highest BCUT2D eigenvalue weighted by Crippen LogP contribution is 2.26. The van der Waals surface area contributed by atoms with Gasteiger partial charge in [0, 0.05) is 6.61 Å². The number of benzene rings is 1. The van der Waals surface area contributed by atoms with Crippen LogP contribution in [0.25, 0.3) is 4.85 Å². The lowest BCUT2D eigenvalue weighted by atomic mass is 10.1. The van der Waals surface area contributed by atoms with Crippen LogP contribution in [0.5, 0.6) is 0 Å². The molecular formula is C15H19NO2. The lowest BCUT2D eigenvalue weighted by molar-refractivity contribution is -0.180. The Morgan fingerprint density at radius 3 is 2.78 bits per heavy atom. The second kappa shape index (κ2) is 5.99. The molecule has 0 saturated carbocycles. The Morgan fingerprint density at radius 1 is 1.33 bits per heavy atom. The zero-order chi connectivity index (χ0) is 13.0. The van der Waals surface area contributed by atoms with Gasteiger partial charge in [-0.25, -0.2) is 6.57 Å². The van der Waals surface area contributed by atoms with E-state index in [-0.39, 0.29) is 6.29 Å². The molecule has 2 unspecified atom stereocenters. The van der Waals surface area contributed by atoms with Crippen molar-refractivity contribution in [3.63, 3.8) is 0 Å². The second-order valence-corrected chi connectivity index (χ2v) is 4.76. The van der Waals surface area contributed by atoms with Crippen LogP contribution in [-0.2, 0) is 9.47 Å². The van der Waals surface area contributed by atoms with Crippen LogP contribution in [0.2, 0.25) is 0 Å². The molecule has 2 rings (SSSR count). The van der Waals surface area contributed by atoms with E-state index in [1.54, 1.807) is 0 Å². The first-order valence-electron chi connectivity index (χ1n) is 6.41. The molecule has 0 aliphatic carbocycles. The second-order valence-electron chi connectivity index (χ2n) is 4.76. The molecule has 1 aliphatic heterocycles. The summed E-state index contributed by atoms with van der Waals surface area (Å²) >= 11 is 0. The number of rotatable bonds is 3. The molecule has 1 saturated heterocycles. The Kier molecular flexibility index (Phi) is 4.35. The first kappa shape index (κ1) is 13.1. The largest absolute Gasteiger partial charge is 0.356 e. The van der Waals surface area contributed by atoms with Crippen molar-refractivity contribution < 1.29 is 9.47 Å². The van der Waals surface area contributed by atoms with Crippen molar-refractivity contribution in [2.45, 2.75) is 45.6 Å². The summed E-state index contributed by atoms with van der Waals surface area (Å²) in [4.78, 5) is 3.57. The Morgan fingerprint density at radius 2 is 2.17 bits per heavy atom. The van der Waals surface area contributed by atoms with Crippen molar-refractivity contribution >= 4 is 0 Å². The van der Waals surface area contributed by atoms with Gasteiger partial charge >= 0.3 is 6.23 Å². The van der Waals surface area contributed by atoms with Crippen molar-refractivity contribution in [3.05, 3.63) is 46.3 Å². The molecule has 1 aromatic carbocycles. The first-order valence-corrected chi connectivity index (χ1v) is 6.41. The molecule has 0 spiro atoms. The highest BCUT2D eigenvalue weighted by molar-refractivity contribution is 5.31. The average Bonchev–Trinajstić information content (AvgIpc) is 2.40. The zero-order valence-corrected chi connectivity index (χ0v) is 11.0. The zero-order valence-electron chi connectivity index (χ0n) is 11.0. The fraction of sp³-hybridized carbons (Fsp3) is 0.533. The van der Waals surface area contributed by atoms with Gasteiger partial charge in [-0.3, -0.25) is 9.58 Å². The van der Waals surface area contributed by atoms with Crippen molar-refractivity contribution in [2.24, 2.45) is 0 Å². The Balaban J connectivity index is 2.07. The van der Waals surface area contributed by atoms with Crippen molar-refractivity contribution in [2.75, 3.05) is 6.61 Å². The molecule has 3 nitrogen and oxygen atoms in total. The lowest BCUT2D eigenvalue weighted by Gasteiger charge is -2.23. The fourth-order valence-electron chi connectivity index (χ4n) is 2.06. The average molecular weight is 245 g/mol. The summed E-state index contributed by atoms with van der Waals surface area (Å²) in [5.41, 5.74) is 3.34. The maximum absolute atomic E-state index is 7.28. The van der Waals surface area contributed by atoms with Crippen molar-refractivity contribution in [3.8, 4) is 0 Å². The minimum absolute atomic E-state index is 0.223. The van der Waals surface area contributed by atoms with Gasteiger partial charge in [0.05, 0.1) is 5.56 Å². The molecule has 18 heavy (non-hydrogen) atoms. The lowest BCUT2D eigenvalue weighted by Crippen LogP contribution is -2.23. The third kappa shape index (κ3) is 3.10. The van der Waals surface area contributed by atoms with Crippen LogP contribution >= 0.6 is 0 Å². The van der Waals surface area contributed by atoms with Crippen molar-refractivity contribution in [1.82, 2.24) is 0 Å². The van der Waals surface area contributed by atoms with Gasteiger partial charge in [0.2, 0.25) is 0 Å². The van der Waals surface area contributed by atoms with Crippen molar-refractivity contribution in [1.29, 1.82) is 0 Å². The highest BCUT2D eigenvalue weighted by Gasteiger charge is 2.24. The fourth-order valence-corrected chi connectivity index (χ4v) is 2.06. The van der Waals surface area contributed by atoms with Gasteiger partial charge < -0.3 is 4.74 Å². The summed E-state index contributed by atoms with van der Waals surface area (Å²) in [5.74, 6) is 0. The molecule has 0 bridgehead atoms. The number of ether oxygens (including phenoxy) is 2. The van der Waals surface area contributed by atoms with Gasteiger partial charge in [-0.15, -0.1) is 0 Å². The quantitative estimate of drug-likeness (QED) is 0.757. The molecule has 0 aromatic heterocycles. The maximum Gasteiger partial charge on any atom is 0.356 e. The first-order chi connectivity index (χ1) is 8.70. The SMILES string of the molecule is [C-]#[N+]C(OC1CCCCO1)c1ccc(C)c(C)c1. The Hall–Kier alpha value is -1.37. The Bertz CT molecular complexity index is 444. The summed E-state index contributed by atoms with van der Waals surface area (Å²) in [6.07, 6.45) is 2.32. The van der Waals surface area contributed by atoms with Gasteiger partial charge in [-0.1, -0.05) is 6.07 Å². The third-order valence-electron chi connectivity index (χ3n) is 3.35. The van der Waals surface area contributed by atoms with E-state index in [9.17, 15) is 0 Å².